The zero-order valence-corrected chi connectivity index (χ0v) is 24.1. The number of nitrogens with one attached hydrogen (secondary N) is 2. The minimum absolute atomic E-state index is 0.00334. The highest BCUT2D eigenvalue weighted by molar-refractivity contribution is 6.06. The predicted octanol–water partition coefficient (Wildman–Crippen LogP) is 5.47. The number of hydrogen-bond acceptors (Lipinski definition) is 7. The van der Waals surface area contributed by atoms with Crippen LogP contribution in [0.2, 0.25) is 0 Å². The number of ether oxygens (including phenoxy) is 1. The number of rotatable bonds is 8. The first-order chi connectivity index (χ1) is 18.4. The van der Waals surface area contributed by atoms with Gasteiger partial charge in [-0.25, -0.2) is 13.9 Å². The third-order valence-electron chi connectivity index (χ3n) is 5.45. The molecule has 0 aliphatic rings. The first kappa shape index (κ1) is 30.3. The second kappa shape index (κ2) is 11.5. The van der Waals surface area contributed by atoms with Crippen LogP contribution in [0.4, 0.5) is 20.9 Å². The Morgan fingerprint density at radius 1 is 1.10 bits per heavy atom. The van der Waals surface area contributed by atoms with Gasteiger partial charge in [0.1, 0.15) is 28.5 Å². The van der Waals surface area contributed by atoms with Gasteiger partial charge in [0.15, 0.2) is 0 Å². The van der Waals surface area contributed by atoms with Gasteiger partial charge in [0.25, 0.3) is 5.91 Å². The lowest BCUT2D eigenvalue weighted by atomic mass is 9.91. The number of amides is 3. The molecule has 0 radical (unpaired) electrons. The third-order valence-corrected chi connectivity index (χ3v) is 5.45. The molecule has 1 aromatic carbocycles. The number of nitrogens with zero attached hydrogens (tertiary/aromatic N) is 3. The summed E-state index contributed by atoms with van der Waals surface area (Å²) in [6, 6.07) is 5.48. The largest absolute Gasteiger partial charge is 0.444 e. The van der Waals surface area contributed by atoms with E-state index in [1.165, 1.54) is 16.8 Å². The van der Waals surface area contributed by atoms with Crippen LogP contribution in [0.1, 0.15) is 83.0 Å². The Kier molecular flexibility index (Phi) is 8.71. The molecule has 0 spiro atoms. The van der Waals surface area contributed by atoms with Gasteiger partial charge in [-0.1, -0.05) is 32.0 Å². The number of anilines is 2. The molecular formula is C28H37FN6O5. The normalized spacial score (nSPS) is 11.9. The Labute approximate surface area is 232 Å². The minimum Gasteiger partial charge on any atom is -0.444 e. The van der Waals surface area contributed by atoms with Crippen molar-refractivity contribution in [2.75, 3.05) is 10.6 Å². The van der Waals surface area contributed by atoms with Crippen molar-refractivity contribution in [2.45, 2.75) is 79.9 Å². The van der Waals surface area contributed by atoms with Gasteiger partial charge in [-0.05, 0) is 64.2 Å². The van der Waals surface area contributed by atoms with E-state index in [2.05, 4.69) is 41.7 Å². The van der Waals surface area contributed by atoms with E-state index in [9.17, 15) is 14.4 Å². The summed E-state index contributed by atoms with van der Waals surface area (Å²) in [5.41, 5.74) is 5.72. The molecule has 0 atom stereocenters. The van der Waals surface area contributed by atoms with Crippen LogP contribution in [0.15, 0.2) is 28.8 Å². The fourth-order valence-corrected chi connectivity index (χ4v) is 3.98. The van der Waals surface area contributed by atoms with Gasteiger partial charge in [-0.2, -0.15) is 5.10 Å². The maximum atomic E-state index is 15.4. The number of benzene rings is 1. The lowest BCUT2D eigenvalue weighted by Crippen LogP contribution is -2.29. The lowest BCUT2D eigenvalue weighted by molar-refractivity contribution is -0.115. The number of nitrogens with two attached hydrogens (primary N) is 1. The molecular weight excluding hydrogens is 519 g/mol. The second-order valence-corrected chi connectivity index (χ2v) is 12.1. The first-order valence-corrected chi connectivity index (χ1v) is 12.9. The number of primary amides is 1. The van der Waals surface area contributed by atoms with Crippen molar-refractivity contribution in [1.82, 2.24) is 14.9 Å². The molecule has 3 amide bonds. The Bertz CT molecular complexity index is 1410. The first-order valence-electron chi connectivity index (χ1n) is 12.9. The lowest BCUT2D eigenvalue weighted by Gasteiger charge is -2.20. The van der Waals surface area contributed by atoms with Crippen molar-refractivity contribution in [3.05, 3.63) is 46.9 Å². The molecule has 12 heteroatoms. The summed E-state index contributed by atoms with van der Waals surface area (Å²) < 4.78 is 27.2. The van der Waals surface area contributed by atoms with Crippen molar-refractivity contribution in [2.24, 2.45) is 11.1 Å². The molecule has 0 saturated carbocycles. The SMILES string of the molecule is CC(C)n1nc(-c2ccc(CC(=O)Nc3cc(CC(C)(C)C)no3)cc2F)c(C(N)=O)c1NC(=O)OC(C)(C)C. The molecule has 0 aliphatic heterocycles. The van der Waals surface area contributed by atoms with E-state index < -0.39 is 29.3 Å². The molecule has 40 heavy (non-hydrogen) atoms. The Morgan fingerprint density at radius 3 is 2.33 bits per heavy atom. The van der Waals surface area contributed by atoms with Crippen LogP contribution in [0.5, 0.6) is 0 Å². The van der Waals surface area contributed by atoms with Crippen LogP contribution in [0, 0.1) is 11.2 Å². The molecule has 11 nitrogen and oxygen atoms in total. The minimum atomic E-state index is -0.909. The fraction of sp³-hybridized carbons (Fsp3) is 0.464. The molecule has 0 saturated heterocycles. The Hall–Kier alpha value is -4.22. The standard InChI is InChI=1S/C28H37FN6O5/c1-15(2)35-25(32-26(38)39-28(6,7)8)22(24(30)37)23(33-35)18-10-9-16(11-19(18)29)12-20(36)31-21-13-17(34-40-21)14-27(3,4)5/h9-11,13,15H,12,14H2,1-8H3,(H2,30,37)(H,31,36)(H,32,38). The number of hydrogen-bond donors (Lipinski definition) is 3. The molecule has 2 heterocycles. The molecule has 0 unspecified atom stereocenters. The summed E-state index contributed by atoms with van der Waals surface area (Å²) >= 11 is 0. The van der Waals surface area contributed by atoms with Crippen molar-refractivity contribution in [1.29, 1.82) is 0 Å². The van der Waals surface area contributed by atoms with Crippen LogP contribution in [-0.4, -0.2) is 38.4 Å². The van der Waals surface area contributed by atoms with Gasteiger partial charge in [0, 0.05) is 17.7 Å². The van der Waals surface area contributed by atoms with Gasteiger partial charge < -0.3 is 15.0 Å². The van der Waals surface area contributed by atoms with Gasteiger partial charge in [-0.3, -0.25) is 20.2 Å². The second-order valence-electron chi connectivity index (χ2n) is 12.1. The molecule has 4 N–H and O–H groups in total. The van der Waals surface area contributed by atoms with E-state index in [1.807, 2.05) is 0 Å². The van der Waals surface area contributed by atoms with Crippen molar-refractivity contribution < 1.29 is 28.0 Å². The summed E-state index contributed by atoms with van der Waals surface area (Å²) in [6.45, 7) is 14.8. The molecule has 3 rings (SSSR count). The molecule has 216 valence electrons. The zero-order chi connectivity index (χ0) is 30.0. The van der Waals surface area contributed by atoms with Crippen molar-refractivity contribution in [3.8, 4) is 11.3 Å². The van der Waals surface area contributed by atoms with Crippen LogP contribution >= 0.6 is 0 Å². The number of halogens is 1. The fourth-order valence-electron chi connectivity index (χ4n) is 3.98. The highest BCUT2D eigenvalue weighted by Crippen LogP contribution is 2.33. The highest BCUT2D eigenvalue weighted by Gasteiger charge is 2.29. The van der Waals surface area contributed by atoms with Gasteiger partial charge in [0.05, 0.1) is 12.1 Å². The van der Waals surface area contributed by atoms with Crippen LogP contribution in [0.25, 0.3) is 11.3 Å². The summed E-state index contributed by atoms with van der Waals surface area (Å²) in [5, 5.41) is 13.5. The molecule has 3 aromatic rings. The van der Waals surface area contributed by atoms with Gasteiger partial charge in [0.2, 0.25) is 11.8 Å². The number of carbonyl (C=O) groups excluding carboxylic acids is 3. The monoisotopic (exact) mass is 556 g/mol. The van der Waals surface area contributed by atoms with E-state index >= 15 is 4.39 Å². The van der Waals surface area contributed by atoms with Crippen molar-refractivity contribution in [3.63, 3.8) is 0 Å². The average molecular weight is 557 g/mol. The maximum absolute atomic E-state index is 15.4. The molecule has 0 fully saturated rings. The summed E-state index contributed by atoms with van der Waals surface area (Å²) in [6.07, 6.45) is -0.280. The Balaban J connectivity index is 1.85. The van der Waals surface area contributed by atoms with Crippen LogP contribution in [0.3, 0.4) is 0 Å². The van der Waals surface area contributed by atoms with E-state index in [-0.39, 0.29) is 46.4 Å². The molecule has 0 bridgehead atoms. The van der Waals surface area contributed by atoms with Crippen molar-refractivity contribution >= 4 is 29.6 Å². The smallest absolute Gasteiger partial charge is 0.413 e. The van der Waals surface area contributed by atoms with Gasteiger partial charge in [-0.15, -0.1) is 0 Å². The quantitative estimate of drug-likeness (QED) is 0.332. The van der Waals surface area contributed by atoms with Crippen LogP contribution < -0.4 is 16.4 Å². The summed E-state index contributed by atoms with van der Waals surface area (Å²) in [4.78, 5) is 37.5. The zero-order valence-electron chi connectivity index (χ0n) is 24.1. The molecule has 0 aliphatic carbocycles. The summed E-state index contributed by atoms with van der Waals surface area (Å²) in [7, 11) is 0. The summed E-state index contributed by atoms with van der Waals surface area (Å²) in [5.74, 6) is -1.86. The van der Waals surface area contributed by atoms with E-state index in [1.54, 1.807) is 46.8 Å². The molecule has 2 aromatic heterocycles. The van der Waals surface area contributed by atoms with E-state index in [4.69, 9.17) is 15.0 Å². The highest BCUT2D eigenvalue weighted by atomic mass is 19.1. The topological polar surface area (TPSA) is 154 Å². The van der Waals surface area contributed by atoms with Gasteiger partial charge >= 0.3 is 6.09 Å². The Morgan fingerprint density at radius 2 is 1.77 bits per heavy atom. The average Bonchev–Trinajstić information content (AvgIpc) is 3.35. The van der Waals surface area contributed by atoms with E-state index in [0.717, 1.165) is 0 Å². The predicted molar refractivity (Wildman–Crippen MR) is 148 cm³/mol. The van der Waals surface area contributed by atoms with E-state index in [0.29, 0.717) is 17.7 Å². The maximum Gasteiger partial charge on any atom is 0.413 e. The third kappa shape index (κ3) is 7.90. The number of carbonyl (C=O) groups is 3. The number of aromatic nitrogens is 3. The van der Waals surface area contributed by atoms with Crippen LogP contribution in [-0.2, 0) is 22.4 Å².